The van der Waals surface area contributed by atoms with Crippen LogP contribution in [-0.4, -0.2) is 16.7 Å². The zero-order chi connectivity index (χ0) is 14.9. The summed E-state index contributed by atoms with van der Waals surface area (Å²) in [6.07, 6.45) is 0.961. The van der Waals surface area contributed by atoms with Gasteiger partial charge in [-0.2, -0.15) is 4.98 Å². The van der Waals surface area contributed by atoms with Crippen LogP contribution in [0.3, 0.4) is 0 Å². The first-order chi connectivity index (χ1) is 10.8. The van der Waals surface area contributed by atoms with Gasteiger partial charge in [-0.1, -0.05) is 11.2 Å². The van der Waals surface area contributed by atoms with E-state index in [9.17, 15) is 0 Å². The Morgan fingerprint density at radius 3 is 3.14 bits per heavy atom. The van der Waals surface area contributed by atoms with Crippen molar-refractivity contribution < 1.29 is 9.26 Å². The van der Waals surface area contributed by atoms with E-state index in [1.165, 1.54) is 5.56 Å². The Balaban J connectivity index is 1.51. The van der Waals surface area contributed by atoms with Crippen molar-refractivity contribution in [2.24, 2.45) is 0 Å². The minimum absolute atomic E-state index is 0.0541. The Bertz CT molecular complexity index is 783. The summed E-state index contributed by atoms with van der Waals surface area (Å²) in [7, 11) is 0. The zero-order valence-corrected chi connectivity index (χ0v) is 12.9. The van der Waals surface area contributed by atoms with E-state index in [2.05, 4.69) is 21.5 Å². The van der Waals surface area contributed by atoms with Crippen LogP contribution in [0.5, 0.6) is 5.75 Å². The maximum atomic E-state index is 5.52. The Hall–Kier alpha value is -2.34. The van der Waals surface area contributed by atoms with Gasteiger partial charge in [0, 0.05) is 12.1 Å². The van der Waals surface area contributed by atoms with E-state index in [4.69, 9.17) is 9.26 Å². The van der Waals surface area contributed by atoms with Crippen molar-refractivity contribution in [1.29, 1.82) is 0 Å². The number of hydrogen-bond acceptors (Lipinski definition) is 6. The van der Waals surface area contributed by atoms with Crippen LogP contribution in [0.1, 0.15) is 24.4 Å². The van der Waals surface area contributed by atoms with Gasteiger partial charge in [0.05, 0.1) is 11.5 Å². The minimum Gasteiger partial charge on any atom is -0.493 e. The molecule has 0 bridgehead atoms. The van der Waals surface area contributed by atoms with Crippen LogP contribution in [0, 0.1) is 0 Å². The average molecular weight is 313 g/mol. The van der Waals surface area contributed by atoms with Crippen molar-refractivity contribution in [2.45, 2.75) is 19.4 Å². The number of fused-ring (bicyclic) bond motifs is 1. The Morgan fingerprint density at radius 1 is 1.32 bits per heavy atom. The highest BCUT2D eigenvalue weighted by Gasteiger charge is 2.17. The van der Waals surface area contributed by atoms with Crippen molar-refractivity contribution in [2.75, 3.05) is 11.9 Å². The predicted molar refractivity (Wildman–Crippen MR) is 85.3 cm³/mol. The lowest BCUT2D eigenvalue weighted by Gasteiger charge is -2.12. The summed E-state index contributed by atoms with van der Waals surface area (Å²) in [4.78, 5) is 5.48. The summed E-state index contributed by atoms with van der Waals surface area (Å²) in [5, 5.41) is 9.44. The summed E-state index contributed by atoms with van der Waals surface area (Å²) >= 11 is 1.60. The molecule has 112 valence electrons. The molecule has 1 atom stereocenters. The molecule has 0 fully saturated rings. The second kappa shape index (κ2) is 5.46. The fourth-order valence-electron chi connectivity index (χ4n) is 2.51. The lowest BCUT2D eigenvalue weighted by molar-refractivity contribution is 0.357. The first-order valence-electron chi connectivity index (χ1n) is 7.19. The predicted octanol–water partition coefficient (Wildman–Crippen LogP) is 3.91. The van der Waals surface area contributed by atoms with E-state index in [1.54, 1.807) is 11.3 Å². The molecule has 1 aliphatic heterocycles. The van der Waals surface area contributed by atoms with Gasteiger partial charge in [0.15, 0.2) is 0 Å². The van der Waals surface area contributed by atoms with Crippen molar-refractivity contribution >= 4 is 17.0 Å². The fourth-order valence-corrected chi connectivity index (χ4v) is 3.15. The molecule has 6 heteroatoms. The average Bonchev–Trinajstić information content (AvgIpc) is 3.26. The van der Waals surface area contributed by atoms with Crippen LogP contribution >= 0.6 is 11.3 Å². The van der Waals surface area contributed by atoms with Gasteiger partial charge >= 0.3 is 0 Å². The summed E-state index contributed by atoms with van der Waals surface area (Å²) in [6, 6.07) is 10.0. The van der Waals surface area contributed by atoms with Crippen LogP contribution in [-0.2, 0) is 6.42 Å². The number of nitrogens with one attached hydrogen (secondary N) is 1. The van der Waals surface area contributed by atoms with Gasteiger partial charge in [-0.25, -0.2) is 0 Å². The van der Waals surface area contributed by atoms with Crippen molar-refractivity contribution in [3.63, 3.8) is 0 Å². The molecule has 1 aliphatic rings. The summed E-state index contributed by atoms with van der Waals surface area (Å²) in [5.41, 5.74) is 2.27. The van der Waals surface area contributed by atoms with E-state index in [0.29, 0.717) is 11.7 Å². The molecule has 22 heavy (non-hydrogen) atoms. The van der Waals surface area contributed by atoms with Crippen LogP contribution in [0.25, 0.3) is 10.7 Å². The molecule has 0 saturated heterocycles. The lowest BCUT2D eigenvalue weighted by atomic mass is 10.1. The SMILES string of the molecule is CC(Nc1ccc2c(c1)CCO2)c1nc(-c2cccs2)no1. The number of nitrogens with zero attached hydrogens (tertiary/aromatic N) is 2. The summed E-state index contributed by atoms with van der Waals surface area (Å²) in [6.45, 7) is 2.78. The molecular weight excluding hydrogens is 298 g/mol. The zero-order valence-electron chi connectivity index (χ0n) is 12.1. The Labute approximate surface area is 131 Å². The highest BCUT2D eigenvalue weighted by Crippen LogP contribution is 2.30. The number of rotatable bonds is 4. The molecule has 0 spiro atoms. The standard InChI is InChI=1S/C16H15N3O2S/c1-10(16-18-15(19-21-16)14-3-2-8-22-14)17-12-4-5-13-11(9-12)6-7-20-13/h2-5,8-10,17H,6-7H2,1H3. The molecule has 1 N–H and O–H groups in total. The van der Waals surface area contributed by atoms with Gasteiger partial charge in [-0.15, -0.1) is 11.3 Å². The van der Waals surface area contributed by atoms with Gasteiger partial charge < -0.3 is 14.6 Å². The van der Waals surface area contributed by atoms with Gasteiger partial charge in [0.2, 0.25) is 11.7 Å². The third kappa shape index (κ3) is 2.46. The van der Waals surface area contributed by atoms with Gasteiger partial charge in [0.1, 0.15) is 11.8 Å². The van der Waals surface area contributed by atoms with E-state index >= 15 is 0 Å². The molecule has 1 aromatic carbocycles. The molecular formula is C16H15N3O2S. The maximum absolute atomic E-state index is 5.52. The second-order valence-electron chi connectivity index (χ2n) is 5.22. The number of thiophene rings is 1. The number of benzene rings is 1. The molecule has 5 nitrogen and oxygen atoms in total. The van der Waals surface area contributed by atoms with Crippen LogP contribution in [0.2, 0.25) is 0 Å². The number of aromatic nitrogens is 2. The normalized spacial score (nSPS) is 14.4. The molecule has 3 aromatic rings. The van der Waals surface area contributed by atoms with Crippen molar-refractivity contribution in [3.05, 3.63) is 47.2 Å². The summed E-state index contributed by atoms with van der Waals surface area (Å²) in [5.74, 6) is 2.21. The number of anilines is 1. The molecule has 1 unspecified atom stereocenters. The molecule has 0 radical (unpaired) electrons. The first kappa shape index (κ1) is 13.3. The van der Waals surface area contributed by atoms with E-state index in [1.807, 2.05) is 36.6 Å². The maximum Gasteiger partial charge on any atom is 0.249 e. The highest BCUT2D eigenvalue weighted by atomic mass is 32.1. The molecule has 0 aliphatic carbocycles. The van der Waals surface area contributed by atoms with E-state index < -0.39 is 0 Å². The first-order valence-corrected chi connectivity index (χ1v) is 8.07. The van der Waals surface area contributed by atoms with Gasteiger partial charge in [-0.3, -0.25) is 0 Å². The second-order valence-corrected chi connectivity index (χ2v) is 6.17. The smallest absolute Gasteiger partial charge is 0.249 e. The Kier molecular flexibility index (Phi) is 3.31. The van der Waals surface area contributed by atoms with Crippen LogP contribution in [0.4, 0.5) is 5.69 Å². The topological polar surface area (TPSA) is 60.2 Å². The van der Waals surface area contributed by atoms with E-state index in [-0.39, 0.29) is 6.04 Å². The highest BCUT2D eigenvalue weighted by molar-refractivity contribution is 7.13. The molecule has 4 rings (SSSR count). The lowest BCUT2D eigenvalue weighted by Crippen LogP contribution is -2.07. The quantitative estimate of drug-likeness (QED) is 0.791. The number of hydrogen-bond donors (Lipinski definition) is 1. The van der Waals surface area contributed by atoms with Gasteiger partial charge in [0.25, 0.3) is 0 Å². The molecule has 3 heterocycles. The monoisotopic (exact) mass is 313 g/mol. The Morgan fingerprint density at radius 2 is 2.27 bits per heavy atom. The third-order valence-electron chi connectivity index (χ3n) is 3.63. The fraction of sp³-hybridized carbons (Fsp3) is 0.250. The molecule has 2 aromatic heterocycles. The molecule has 0 amide bonds. The number of ether oxygens (including phenoxy) is 1. The van der Waals surface area contributed by atoms with E-state index in [0.717, 1.165) is 29.3 Å². The third-order valence-corrected chi connectivity index (χ3v) is 4.49. The van der Waals surface area contributed by atoms with Crippen molar-refractivity contribution in [3.8, 4) is 16.5 Å². The largest absolute Gasteiger partial charge is 0.493 e. The van der Waals surface area contributed by atoms with Gasteiger partial charge in [-0.05, 0) is 42.1 Å². The minimum atomic E-state index is -0.0541. The van der Waals surface area contributed by atoms with Crippen LogP contribution in [0.15, 0.2) is 40.2 Å². The van der Waals surface area contributed by atoms with Crippen LogP contribution < -0.4 is 10.1 Å². The van der Waals surface area contributed by atoms with Crippen molar-refractivity contribution in [1.82, 2.24) is 10.1 Å². The molecule has 0 saturated carbocycles. The summed E-state index contributed by atoms with van der Waals surface area (Å²) < 4.78 is 10.9.